The zero-order valence-electron chi connectivity index (χ0n) is 9.45. The number of benzene rings is 1. The van der Waals surface area contributed by atoms with Crippen molar-refractivity contribution in [2.75, 3.05) is 6.61 Å². The van der Waals surface area contributed by atoms with Crippen molar-refractivity contribution in [2.24, 2.45) is 0 Å². The van der Waals surface area contributed by atoms with Crippen LogP contribution < -0.4 is 4.74 Å². The first-order valence-corrected chi connectivity index (χ1v) is 6.79. The van der Waals surface area contributed by atoms with E-state index in [9.17, 15) is 8.42 Å². The Kier molecular flexibility index (Phi) is 5.18. The third-order valence-electron chi connectivity index (χ3n) is 2.30. The van der Waals surface area contributed by atoms with Crippen molar-refractivity contribution in [3.8, 4) is 5.75 Å². The molecular weight excluding hydrogens is 240 g/mol. The monoisotopic (exact) mass is 256 g/mol. The van der Waals surface area contributed by atoms with Crippen LogP contribution in [0.3, 0.4) is 0 Å². The van der Waals surface area contributed by atoms with Crippen molar-refractivity contribution in [2.45, 2.75) is 18.1 Å². The van der Waals surface area contributed by atoms with Gasteiger partial charge in [-0.1, -0.05) is 24.3 Å². The Morgan fingerprint density at radius 3 is 2.53 bits per heavy atom. The second-order valence-corrected chi connectivity index (χ2v) is 5.31. The van der Waals surface area contributed by atoms with E-state index in [2.05, 4.69) is 6.58 Å². The van der Waals surface area contributed by atoms with Gasteiger partial charge in [-0.2, -0.15) is 8.42 Å². The SMILES string of the molecule is C=CCC(CCOc1ccccc1)S(=O)(=O)O. The molecule has 1 unspecified atom stereocenters. The van der Waals surface area contributed by atoms with Gasteiger partial charge >= 0.3 is 0 Å². The Balaban J connectivity index is 2.46. The summed E-state index contributed by atoms with van der Waals surface area (Å²) in [7, 11) is -4.03. The van der Waals surface area contributed by atoms with Crippen LogP contribution in [0.15, 0.2) is 43.0 Å². The molecule has 0 spiro atoms. The quantitative estimate of drug-likeness (QED) is 0.600. The Bertz CT molecular complexity index is 439. The van der Waals surface area contributed by atoms with Gasteiger partial charge in [0.05, 0.1) is 11.9 Å². The maximum Gasteiger partial charge on any atom is 0.268 e. The van der Waals surface area contributed by atoms with Crippen molar-refractivity contribution >= 4 is 10.1 Å². The lowest BCUT2D eigenvalue weighted by Gasteiger charge is -2.12. The minimum Gasteiger partial charge on any atom is -0.494 e. The first-order valence-electron chi connectivity index (χ1n) is 5.29. The molecule has 1 aromatic rings. The van der Waals surface area contributed by atoms with Gasteiger partial charge in [-0.05, 0) is 18.6 Å². The van der Waals surface area contributed by atoms with E-state index in [0.29, 0.717) is 5.75 Å². The molecule has 0 saturated heterocycles. The highest BCUT2D eigenvalue weighted by Crippen LogP contribution is 2.13. The van der Waals surface area contributed by atoms with E-state index in [1.165, 1.54) is 6.08 Å². The summed E-state index contributed by atoms with van der Waals surface area (Å²) in [6.07, 6.45) is 1.93. The number of para-hydroxylation sites is 1. The van der Waals surface area contributed by atoms with E-state index in [-0.39, 0.29) is 19.4 Å². The van der Waals surface area contributed by atoms with Crippen LogP contribution in [0.25, 0.3) is 0 Å². The molecule has 0 saturated carbocycles. The molecule has 0 aliphatic heterocycles. The number of allylic oxidation sites excluding steroid dienone is 1. The summed E-state index contributed by atoms with van der Waals surface area (Å²) in [4.78, 5) is 0. The third-order valence-corrected chi connectivity index (χ3v) is 3.57. The van der Waals surface area contributed by atoms with Crippen molar-refractivity contribution in [1.29, 1.82) is 0 Å². The van der Waals surface area contributed by atoms with Gasteiger partial charge in [-0.3, -0.25) is 4.55 Å². The standard InChI is InChI=1S/C12H16O4S/c1-2-6-12(17(13,14)15)9-10-16-11-7-4-3-5-8-11/h2-5,7-8,12H,1,6,9-10H2,(H,13,14,15). The lowest BCUT2D eigenvalue weighted by molar-refractivity contribution is 0.304. The van der Waals surface area contributed by atoms with Crippen LogP contribution in [0.1, 0.15) is 12.8 Å². The van der Waals surface area contributed by atoms with E-state index >= 15 is 0 Å². The molecule has 1 rings (SSSR count). The summed E-state index contributed by atoms with van der Waals surface area (Å²) in [5, 5.41) is -0.844. The summed E-state index contributed by atoms with van der Waals surface area (Å²) >= 11 is 0. The normalized spacial score (nSPS) is 13.0. The summed E-state index contributed by atoms with van der Waals surface area (Å²) in [5.74, 6) is 0.681. The second-order valence-electron chi connectivity index (χ2n) is 3.61. The Labute approximate surface area is 102 Å². The molecule has 5 heteroatoms. The zero-order valence-corrected chi connectivity index (χ0v) is 10.3. The lowest BCUT2D eigenvalue weighted by Crippen LogP contribution is -2.22. The number of rotatable bonds is 7. The van der Waals surface area contributed by atoms with Crippen molar-refractivity contribution in [1.82, 2.24) is 0 Å². The van der Waals surface area contributed by atoms with Crippen LogP contribution in [0.4, 0.5) is 0 Å². The van der Waals surface area contributed by atoms with E-state index in [0.717, 1.165) is 0 Å². The fourth-order valence-corrected chi connectivity index (χ4v) is 2.17. The Morgan fingerprint density at radius 2 is 2.00 bits per heavy atom. The molecule has 1 aromatic carbocycles. The fourth-order valence-electron chi connectivity index (χ4n) is 1.40. The zero-order chi connectivity index (χ0) is 12.7. The second kappa shape index (κ2) is 6.42. The molecule has 0 aromatic heterocycles. The molecule has 4 nitrogen and oxygen atoms in total. The summed E-state index contributed by atoms with van der Waals surface area (Å²) in [5.41, 5.74) is 0. The molecular formula is C12H16O4S. The van der Waals surface area contributed by atoms with Gasteiger partial charge in [-0.15, -0.1) is 6.58 Å². The largest absolute Gasteiger partial charge is 0.494 e. The van der Waals surface area contributed by atoms with Gasteiger partial charge in [0.25, 0.3) is 10.1 Å². The minimum absolute atomic E-state index is 0.219. The Morgan fingerprint density at radius 1 is 1.35 bits per heavy atom. The van der Waals surface area contributed by atoms with Crippen LogP contribution in [0.5, 0.6) is 5.75 Å². The van der Waals surface area contributed by atoms with Crippen LogP contribution in [0, 0.1) is 0 Å². The predicted molar refractivity (Wildman–Crippen MR) is 66.7 cm³/mol. The molecule has 0 aliphatic carbocycles. The molecule has 0 fully saturated rings. The fraction of sp³-hybridized carbons (Fsp3) is 0.333. The van der Waals surface area contributed by atoms with Crippen molar-refractivity contribution < 1.29 is 17.7 Å². The number of hydrogen-bond donors (Lipinski definition) is 1. The van der Waals surface area contributed by atoms with Crippen LogP contribution in [0.2, 0.25) is 0 Å². The molecule has 1 N–H and O–H groups in total. The highest BCUT2D eigenvalue weighted by molar-refractivity contribution is 7.86. The number of ether oxygens (including phenoxy) is 1. The summed E-state index contributed by atoms with van der Waals surface area (Å²) in [6, 6.07) is 9.11. The molecule has 1 atom stereocenters. The van der Waals surface area contributed by atoms with Gasteiger partial charge in [0.15, 0.2) is 0 Å². The van der Waals surface area contributed by atoms with E-state index in [4.69, 9.17) is 9.29 Å². The molecule has 0 aliphatic rings. The molecule has 0 heterocycles. The molecule has 0 radical (unpaired) electrons. The first-order chi connectivity index (χ1) is 8.04. The van der Waals surface area contributed by atoms with Gasteiger partial charge in [0, 0.05) is 6.42 Å². The van der Waals surface area contributed by atoms with Crippen molar-refractivity contribution in [3.63, 3.8) is 0 Å². The molecule has 0 bridgehead atoms. The van der Waals surface area contributed by atoms with Crippen molar-refractivity contribution in [3.05, 3.63) is 43.0 Å². The average molecular weight is 256 g/mol. The summed E-state index contributed by atoms with van der Waals surface area (Å²) < 4.78 is 36.4. The van der Waals surface area contributed by atoms with Crippen LogP contribution in [-0.4, -0.2) is 24.8 Å². The highest BCUT2D eigenvalue weighted by Gasteiger charge is 2.21. The molecule has 94 valence electrons. The topological polar surface area (TPSA) is 63.6 Å². The van der Waals surface area contributed by atoms with E-state index in [1.54, 1.807) is 12.1 Å². The van der Waals surface area contributed by atoms with Crippen LogP contribution >= 0.6 is 0 Å². The maximum atomic E-state index is 11.0. The predicted octanol–water partition coefficient (Wildman–Crippen LogP) is 2.29. The molecule has 0 amide bonds. The minimum atomic E-state index is -4.03. The summed E-state index contributed by atoms with van der Waals surface area (Å²) in [6.45, 7) is 3.70. The van der Waals surface area contributed by atoms with Gasteiger partial charge in [0.1, 0.15) is 5.75 Å². The molecule has 17 heavy (non-hydrogen) atoms. The lowest BCUT2D eigenvalue weighted by atomic mass is 10.2. The highest BCUT2D eigenvalue weighted by atomic mass is 32.2. The Hall–Kier alpha value is -1.33. The third kappa shape index (κ3) is 5.01. The first kappa shape index (κ1) is 13.7. The smallest absolute Gasteiger partial charge is 0.268 e. The maximum absolute atomic E-state index is 11.0. The average Bonchev–Trinajstić information content (AvgIpc) is 2.28. The van der Waals surface area contributed by atoms with Gasteiger partial charge in [0.2, 0.25) is 0 Å². The van der Waals surface area contributed by atoms with Gasteiger partial charge in [-0.25, -0.2) is 0 Å². The van der Waals surface area contributed by atoms with Gasteiger partial charge < -0.3 is 4.74 Å². The number of hydrogen-bond acceptors (Lipinski definition) is 3. The van der Waals surface area contributed by atoms with E-state index < -0.39 is 15.4 Å². The van der Waals surface area contributed by atoms with E-state index in [1.807, 2.05) is 18.2 Å². The van der Waals surface area contributed by atoms with Crippen LogP contribution in [-0.2, 0) is 10.1 Å².